The second kappa shape index (κ2) is 13.8. The van der Waals surface area contributed by atoms with E-state index in [1.165, 1.54) is 33.2 Å². The third-order valence-corrected chi connectivity index (χ3v) is 15.3. The number of fused-ring (bicyclic) bond motifs is 2. The van der Waals surface area contributed by atoms with Gasteiger partial charge in [-0.05, 0) is 85.3 Å². The van der Waals surface area contributed by atoms with Gasteiger partial charge in [-0.25, -0.2) is 16.8 Å². The molecule has 0 radical (unpaired) electrons. The van der Waals surface area contributed by atoms with E-state index < -0.39 is 26.0 Å². The molecule has 0 aromatic heterocycles. The minimum absolute atomic E-state index is 0.0841. The van der Waals surface area contributed by atoms with E-state index in [0.29, 0.717) is 75.2 Å². The Hall–Kier alpha value is -2.88. The zero-order valence-electron chi connectivity index (χ0n) is 28.5. The summed E-state index contributed by atoms with van der Waals surface area (Å²) in [6.07, 6.45) is 3.35. The van der Waals surface area contributed by atoms with Crippen LogP contribution in [0.4, 0.5) is 0 Å². The number of morpholine rings is 2. The van der Waals surface area contributed by atoms with Crippen LogP contribution in [-0.4, -0.2) is 95.9 Å². The minimum atomic E-state index is -3.64. The predicted octanol–water partition coefficient (Wildman–Crippen LogP) is 3.08. The lowest BCUT2D eigenvalue weighted by Crippen LogP contribution is -2.47. The molecule has 2 aromatic rings. The maximum Gasteiger partial charge on any atom is 0.251 e. The van der Waals surface area contributed by atoms with Gasteiger partial charge in [-0.2, -0.15) is 8.61 Å². The van der Waals surface area contributed by atoms with Gasteiger partial charge in [0.05, 0.1) is 36.2 Å². The number of nitrogens with zero attached hydrogens (tertiary/aromatic N) is 2. The van der Waals surface area contributed by atoms with Gasteiger partial charge in [0.15, 0.2) is 0 Å². The van der Waals surface area contributed by atoms with E-state index in [1.54, 1.807) is 32.0 Å². The van der Waals surface area contributed by atoms with Gasteiger partial charge in [-0.1, -0.05) is 32.9 Å². The molecule has 2 aliphatic heterocycles. The number of carbonyl (C=O) groups is 2. The summed E-state index contributed by atoms with van der Waals surface area (Å²) in [6, 6.07) is 9.57. The molecule has 6 rings (SSSR count). The number of hydrogen-bond acceptors (Lipinski definition) is 8. The Morgan fingerprint density at radius 3 is 1.67 bits per heavy atom. The summed E-state index contributed by atoms with van der Waals surface area (Å²) in [6.45, 7) is 13.3. The topological polar surface area (TPSA) is 165 Å². The number of ether oxygens (including phenoxy) is 2. The van der Waals surface area contributed by atoms with Crippen LogP contribution in [-0.2, 0) is 29.5 Å². The molecule has 2 saturated carbocycles. The number of amides is 2. The largest absolute Gasteiger partial charge is 0.379 e. The molecule has 2 bridgehead atoms. The molecule has 264 valence electrons. The number of carbonyl (C=O) groups excluding carboxylic acids is 2. The zero-order chi connectivity index (χ0) is 35.1. The zero-order valence-corrected chi connectivity index (χ0v) is 30.1. The van der Waals surface area contributed by atoms with Gasteiger partial charge in [0.25, 0.3) is 5.91 Å². The van der Waals surface area contributed by atoms with Gasteiger partial charge < -0.3 is 20.5 Å². The average Bonchev–Trinajstić information content (AvgIpc) is 3.39. The Kier molecular flexibility index (Phi) is 10.5. The van der Waals surface area contributed by atoms with Crippen LogP contribution < -0.4 is 11.1 Å². The predicted molar refractivity (Wildman–Crippen MR) is 181 cm³/mol. The standard InChI is InChI=1S/C22H32N2O4S.C12H16N2O4S/c1-15-5-6-16(13-18(15)29(26,27)24-9-11-28-12-10-24)20(25)23-19-14-17-7-8-22(19,4)21(17,2)3;1-9-2-3-10(12(13)15)8-11(9)19(16,17)14-4-6-18-7-5-14/h5-6,13,17,19H,7-12,14H2,1-4H3,(H,23,25);2-3,8H,4-7H2,1H3,(H2,13,15)/t17-,19?,22-;/m1./s1. The SMILES string of the molecule is Cc1ccc(C(=O)NC2C[C@H]3CC[C@@]2(C)C3(C)C)cc1S(=O)(=O)N1CCOCC1.Cc1ccc(C(N)=O)cc1S(=O)(=O)N1CCOCC1. The average molecular weight is 705 g/mol. The van der Waals surface area contributed by atoms with Crippen LogP contribution in [0.3, 0.4) is 0 Å². The van der Waals surface area contributed by atoms with Crippen molar-refractivity contribution in [2.45, 2.75) is 69.7 Å². The first-order valence-electron chi connectivity index (χ1n) is 16.5. The lowest BCUT2D eigenvalue weighted by Gasteiger charge is -2.39. The van der Waals surface area contributed by atoms with Crippen LogP contribution >= 0.6 is 0 Å². The molecule has 12 nitrogen and oxygen atoms in total. The van der Waals surface area contributed by atoms with Crippen molar-refractivity contribution >= 4 is 31.9 Å². The first kappa shape index (κ1) is 36.4. The fourth-order valence-corrected chi connectivity index (χ4v) is 10.9. The van der Waals surface area contributed by atoms with E-state index in [-0.39, 0.29) is 38.1 Å². The third kappa shape index (κ3) is 6.79. The molecular formula is C34H48N4O8S2. The van der Waals surface area contributed by atoms with Crippen molar-refractivity contribution in [3.05, 3.63) is 58.7 Å². The molecule has 2 saturated heterocycles. The summed E-state index contributed by atoms with van der Waals surface area (Å²) in [5.41, 5.74) is 7.33. The first-order chi connectivity index (χ1) is 22.5. The van der Waals surface area contributed by atoms with E-state index >= 15 is 0 Å². The second-order valence-corrected chi connectivity index (χ2v) is 17.8. The van der Waals surface area contributed by atoms with E-state index in [2.05, 4.69) is 26.1 Å². The van der Waals surface area contributed by atoms with E-state index in [4.69, 9.17) is 15.2 Å². The molecule has 14 heteroatoms. The van der Waals surface area contributed by atoms with Crippen molar-refractivity contribution in [3.8, 4) is 0 Å². The van der Waals surface area contributed by atoms with E-state index in [0.717, 1.165) is 12.8 Å². The highest BCUT2D eigenvalue weighted by molar-refractivity contribution is 7.89. The highest BCUT2D eigenvalue weighted by Crippen LogP contribution is 2.65. The fourth-order valence-electron chi connectivity index (χ4n) is 7.57. The van der Waals surface area contributed by atoms with E-state index in [9.17, 15) is 26.4 Å². The molecule has 48 heavy (non-hydrogen) atoms. The van der Waals surface area contributed by atoms with Gasteiger partial charge in [0, 0.05) is 43.3 Å². The van der Waals surface area contributed by atoms with Crippen LogP contribution in [0.1, 0.15) is 71.9 Å². The normalized spacial score (nSPS) is 26.0. The number of nitrogens with two attached hydrogens (primary N) is 1. The van der Waals surface area contributed by atoms with Crippen molar-refractivity contribution in [2.75, 3.05) is 52.6 Å². The number of primary amides is 1. The molecule has 2 heterocycles. The summed E-state index contributed by atoms with van der Waals surface area (Å²) < 4.78 is 64.4. The Balaban J connectivity index is 0.000000206. The number of benzene rings is 2. The summed E-state index contributed by atoms with van der Waals surface area (Å²) >= 11 is 0. The third-order valence-electron chi connectivity index (χ3n) is 11.2. The smallest absolute Gasteiger partial charge is 0.251 e. The number of sulfonamides is 2. The van der Waals surface area contributed by atoms with Gasteiger partial charge in [0.2, 0.25) is 26.0 Å². The summed E-state index contributed by atoms with van der Waals surface area (Å²) in [4.78, 5) is 24.6. The Morgan fingerprint density at radius 1 is 0.792 bits per heavy atom. The molecule has 0 spiro atoms. The van der Waals surface area contributed by atoms with Crippen molar-refractivity contribution in [1.82, 2.24) is 13.9 Å². The molecule has 3 N–H and O–H groups in total. The highest BCUT2D eigenvalue weighted by atomic mass is 32.2. The van der Waals surface area contributed by atoms with Gasteiger partial charge in [-0.15, -0.1) is 0 Å². The van der Waals surface area contributed by atoms with E-state index in [1.807, 2.05) is 0 Å². The highest BCUT2D eigenvalue weighted by Gasteiger charge is 2.61. The Morgan fingerprint density at radius 2 is 1.25 bits per heavy atom. The molecule has 4 aliphatic rings. The molecule has 2 aromatic carbocycles. The first-order valence-corrected chi connectivity index (χ1v) is 19.4. The maximum atomic E-state index is 13.1. The lowest BCUT2D eigenvalue weighted by atomic mass is 9.69. The minimum Gasteiger partial charge on any atom is -0.379 e. The number of hydrogen-bond donors (Lipinski definition) is 2. The lowest BCUT2D eigenvalue weighted by molar-refractivity contribution is 0.0730. The van der Waals surface area contributed by atoms with Crippen LogP contribution in [0, 0.1) is 30.6 Å². The van der Waals surface area contributed by atoms with Crippen LogP contribution in [0.5, 0.6) is 0 Å². The number of nitrogens with one attached hydrogen (secondary N) is 1. The Labute approximate surface area is 284 Å². The van der Waals surface area contributed by atoms with Crippen LogP contribution in [0.2, 0.25) is 0 Å². The van der Waals surface area contributed by atoms with Gasteiger partial charge in [0.1, 0.15) is 0 Å². The maximum absolute atomic E-state index is 13.1. The molecule has 2 aliphatic carbocycles. The van der Waals surface area contributed by atoms with Gasteiger partial charge in [-0.3, -0.25) is 9.59 Å². The summed E-state index contributed by atoms with van der Waals surface area (Å²) in [5.74, 6) is -0.190. The number of aryl methyl sites for hydroxylation is 2. The second-order valence-electron chi connectivity index (χ2n) is 14.0. The van der Waals surface area contributed by atoms with Crippen molar-refractivity contribution in [1.29, 1.82) is 0 Å². The van der Waals surface area contributed by atoms with Crippen molar-refractivity contribution in [3.63, 3.8) is 0 Å². The molecule has 3 atom stereocenters. The fraction of sp³-hybridized carbons (Fsp3) is 0.588. The van der Waals surface area contributed by atoms with Crippen molar-refractivity contribution < 1.29 is 35.9 Å². The molecule has 1 unspecified atom stereocenters. The van der Waals surface area contributed by atoms with Gasteiger partial charge >= 0.3 is 0 Å². The molecule has 2 amide bonds. The van der Waals surface area contributed by atoms with Crippen molar-refractivity contribution in [2.24, 2.45) is 22.5 Å². The quantitative estimate of drug-likeness (QED) is 0.444. The molecular weight excluding hydrogens is 657 g/mol. The summed E-state index contributed by atoms with van der Waals surface area (Å²) in [5, 5.41) is 3.23. The molecule has 4 fully saturated rings. The number of rotatable bonds is 7. The summed E-state index contributed by atoms with van der Waals surface area (Å²) in [7, 11) is -7.24. The monoisotopic (exact) mass is 704 g/mol. The van der Waals surface area contributed by atoms with Crippen LogP contribution in [0.15, 0.2) is 46.2 Å². The Bertz CT molecular complexity index is 1770. The van der Waals surface area contributed by atoms with Crippen LogP contribution in [0.25, 0.3) is 0 Å².